The lowest BCUT2D eigenvalue weighted by atomic mass is 9.74. The van der Waals surface area contributed by atoms with Gasteiger partial charge in [0.15, 0.2) is 0 Å². The fraction of sp³-hybridized carbons (Fsp3) is 0.800. The van der Waals surface area contributed by atoms with E-state index in [1.165, 1.54) is 23.7 Å². The molecule has 11 heavy (non-hydrogen) atoms. The minimum absolute atomic E-state index is 0.479. The third kappa shape index (κ3) is 2.62. The molecule has 0 bridgehead atoms. The van der Waals surface area contributed by atoms with E-state index in [1.54, 1.807) is 0 Å². The summed E-state index contributed by atoms with van der Waals surface area (Å²) in [6.45, 7) is 7.01. The first kappa shape index (κ1) is 9.31. The van der Waals surface area contributed by atoms with Gasteiger partial charge in [-0.2, -0.15) is 0 Å². The predicted molar refractivity (Wildman–Crippen MR) is 53.8 cm³/mol. The highest BCUT2D eigenvalue weighted by Gasteiger charge is 2.26. The van der Waals surface area contributed by atoms with Crippen LogP contribution in [0.2, 0.25) is 0 Å². The van der Waals surface area contributed by atoms with E-state index in [0.29, 0.717) is 5.41 Å². The van der Waals surface area contributed by atoms with E-state index in [-0.39, 0.29) is 0 Å². The maximum absolute atomic E-state index is 3.58. The smallest absolute Gasteiger partial charge is 0.00862 e. The summed E-state index contributed by atoms with van der Waals surface area (Å²) in [5.74, 6) is 0.863. The fourth-order valence-electron chi connectivity index (χ4n) is 1.60. The number of hydrogen-bond acceptors (Lipinski definition) is 0. The zero-order valence-electron chi connectivity index (χ0n) is 7.65. The number of hydrogen-bond donors (Lipinski definition) is 0. The van der Waals surface area contributed by atoms with Crippen LogP contribution in [0.5, 0.6) is 0 Å². The summed E-state index contributed by atoms with van der Waals surface area (Å²) in [6.07, 6.45) is 6.16. The van der Waals surface area contributed by atoms with Gasteiger partial charge in [0, 0.05) is 0 Å². The molecule has 0 saturated heterocycles. The summed E-state index contributed by atoms with van der Waals surface area (Å²) in [4.78, 5) is 0. The van der Waals surface area contributed by atoms with Crippen LogP contribution in [0.1, 0.15) is 40.0 Å². The molecule has 0 aliphatic heterocycles. The molecule has 0 aromatic rings. The molecule has 0 aromatic heterocycles. The SMILES string of the molecule is CC(C)(C)C1CCC=C(Br)C1. The summed E-state index contributed by atoms with van der Waals surface area (Å²) in [7, 11) is 0. The van der Waals surface area contributed by atoms with E-state index < -0.39 is 0 Å². The molecule has 1 atom stereocenters. The van der Waals surface area contributed by atoms with Crippen molar-refractivity contribution in [3.05, 3.63) is 10.6 Å². The quantitative estimate of drug-likeness (QED) is 0.572. The first-order valence-electron chi connectivity index (χ1n) is 4.34. The van der Waals surface area contributed by atoms with E-state index in [0.717, 1.165) is 5.92 Å². The van der Waals surface area contributed by atoms with Crippen LogP contribution in [0.15, 0.2) is 10.6 Å². The maximum Gasteiger partial charge on any atom is -0.00862 e. The van der Waals surface area contributed by atoms with Crippen LogP contribution in [-0.4, -0.2) is 0 Å². The van der Waals surface area contributed by atoms with Gasteiger partial charge in [0.25, 0.3) is 0 Å². The van der Waals surface area contributed by atoms with Gasteiger partial charge in [-0.3, -0.25) is 0 Å². The number of halogens is 1. The highest BCUT2D eigenvalue weighted by Crippen LogP contribution is 2.39. The van der Waals surface area contributed by atoms with Crippen LogP contribution < -0.4 is 0 Å². The minimum atomic E-state index is 0.479. The van der Waals surface area contributed by atoms with Crippen molar-refractivity contribution in [3.8, 4) is 0 Å². The lowest BCUT2D eigenvalue weighted by Gasteiger charge is -2.32. The topological polar surface area (TPSA) is 0 Å². The van der Waals surface area contributed by atoms with E-state index in [9.17, 15) is 0 Å². The second kappa shape index (κ2) is 3.30. The van der Waals surface area contributed by atoms with E-state index in [4.69, 9.17) is 0 Å². The molecule has 64 valence electrons. The molecule has 0 aromatic carbocycles. The van der Waals surface area contributed by atoms with Gasteiger partial charge in [-0.05, 0) is 35.1 Å². The largest absolute Gasteiger partial charge is 0.0743 e. The van der Waals surface area contributed by atoms with E-state index in [2.05, 4.69) is 42.8 Å². The Morgan fingerprint density at radius 1 is 1.45 bits per heavy atom. The van der Waals surface area contributed by atoms with Crippen LogP contribution in [0.25, 0.3) is 0 Å². The van der Waals surface area contributed by atoms with Gasteiger partial charge < -0.3 is 0 Å². The number of allylic oxidation sites excluding steroid dienone is 2. The van der Waals surface area contributed by atoms with Crippen LogP contribution >= 0.6 is 15.9 Å². The van der Waals surface area contributed by atoms with Crippen molar-refractivity contribution in [2.45, 2.75) is 40.0 Å². The van der Waals surface area contributed by atoms with Crippen molar-refractivity contribution in [2.75, 3.05) is 0 Å². The van der Waals surface area contributed by atoms with Gasteiger partial charge >= 0.3 is 0 Å². The average Bonchev–Trinajstić information content (AvgIpc) is 1.86. The molecule has 0 saturated carbocycles. The first-order chi connectivity index (χ1) is 5.00. The average molecular weight is 217 g/mol. The van der Waals surface area contributed by atoms with Gasteiger partial charge in [0.05, 0.1) is 0 Å². The van der Waals surface area contributed by atoms with Crippen molar-refractivity contribution in [3.63, 3.8) is 0 Å². The third-order valence-corrected chi connectivity index (χ3v) is 3.19. The van der Waals surface area contributed by atoms with E-state index in [1.807, 2.05) is 0 Å². The summed E-state index contributed by atoms with van der Waals surface area (Å²) in [5.41, 5.74) is 0.479. The molecule has 1 aliphatic carbocycles. The highest BCUT2D eigenvalue weighted by molar-refractivity contribution is 9.11. The Hall–Kier alpha value is 0.220. The Balaban J connectivity index is 2.58. The Morgan fingerprint density at radius 2 is 2.09 bits per heavy atom. The van der Waals surface area contributed by atoms with Crippen molar-refractivity contribution >= 4 is 15.9 Å². The Labute approximate surface area is 78.2 Å². The van der Waals surface area contributed by atoms with Gasteiger partial charge in [-0.15, -0.1) is 0 Å². The Morgan fingerprint density at radius 3 is 2.45 bits per heavy atom. The molecule has 0 spiro atoms. The second-order valence-electron chi connectivity index (χ2n) is 4.50. The highest BCUT2D eigenvalue weighted by atomic mass is 79.9. The van der Waals surface area contributed by atoms with Crippen molar-refractivity contribution < 1.29 is 0 Å². The molecule has 1 unspecified atom stereocenters. The summed E-state index contributed by atoms with van der Waals surface area (Å²) in [5, 5.41) is 0. The second-order valence-corrected chi connectivity index (χ2v) is 5.51. The Kier molecular flexibility index (Phi) is 2.79. The predicted octanol–water partition coefficient (Wildman–Crippen LogP) is 4.11. The summed E-state index contributed by atoms with van der Waals surface area (Å²) < 4.78 is 1.41. The molecule has 1 aliphatic rings. The molecular formula is C10H17Br. The van der Waals surface area contributed by atoms with Gasteiger partial charge in [0.1, 0.15) is 0 Å². The monoisotopic (exact) mass is 216 g/mol. The summed E-state index contributed by atoms with van der Waals surface area (Å²) in [6, 6.07) is 0. The van der Waals surface area contributed by atoms with Crippen LogP contribution in [0, 0.1) is 11.3 Å². The molecule has 0 nitrogen and oxygen atoms in total. The molecule has 0 fully saturated rings. The normalized spacial score (nSPS) is 26.5. The lowest BCUT2D eigenvalue weighted by Crippen LogP contribution is -2.21. The van der Waals surface area contributed by atoms with Gasteiger partial charge in [0.2, 0.25) is 0 Å². The van der Waals surface area contributed by atoms with Crippen LogP contribution in [-0.2, 0) is 0 Å². The third-order valence-electron chi connectivity index (χ3n) is 2.55. The van der Waals surface area contributed by atoms with Gasteiger partial charge in [-0.25, -0.2) is 0 Å². The van der Waals surface area contributed by atoms with Crippen molar-refractivity contribution in [2.24, 2.45) is 11.3 Å². The standard InChI is InChI=1S/C10H17Br/c1-10(2,3)8-5-4-6-9(11)7-8/h6,8H,4-5,7H2,1-3H3. The van der Waals surface area contributed by atoms with Crippen molar-refractivity contribution in [1.29, 1.82) is 0 Å². The van der Waals surface area contributed by atoms with Gasteiger partial charge in [-0.1, -0.05) is 42.8 Å². The number of rotatable bonds is 0. The first-order valence-corrected chi connectivity index (χ1v) is 5.14. The summed E-state index contributed by atoms with van der Waals surface area (Å²) >= 11 is 3.58. The fourth-order valence-corrected chi connectivity index (χ4v) is 2.22. The molecule has 0 N–H and O–H groups in total. The van der Waals surface area contributed by atoms with E-state index >= 15 is 0 Å². The molecular weight excluding hydrogens is 200 g/mol. The molecule has 0 heterocycles. The molecule has 1 rings (SSSR count). The minimum Gasteiger partial charge on any atom is -0.0743 e. The zero-order chi connectivity index (χ0) is 8.48. The molecule has 0 amide bonds. The maximum atomic E-state index is 3.58. The lowest BCUT2D eigenvalue weighted by molar-refractivity contribution is 0.222. The zero-order valence-corrected chi connectivity index (χ0v) is 9.24. The Bertz CT molecular complexity index is 162. The van der Waals surface area contributed by atoms with Crippen LogP contribution in [0.3, 0.4) is 0 Å². The molecule has 1 heteroatoms. The van der Waals surface area contributed by atoms with Crippen molar-refractivity contribution in [1.82, 2.24) is 0 Å². The molecule has 0 radical (unpaired) electrons. The van der Waals surface area contributed by atoms with Crippen LogP contribution in [0.4, 0.5) is 0 Å².